The van der Waals surface area contributed by atoms with E-state index in [1.165, 1.54) is 19.3 Å². The molecule has 0 saturated heterocycles. The number of allylic oxidation sites excluding steroid dienone is 14. The number of nitrogens with two attached hydrogens (primary N) is 1. The van der Waals surface area contributed by atoms with Gasteiger partial charge in [-0.2, -0.15) is 0 Å². The zero-order chi connectivity index (χ0) is 42.8. The van der Waals surface area contributed by atoms with Gasteiger partial charge in [-0.25, -0.2) is 4.57 Å². The van der Waals surface area contributed by atoms with Gasteiger partial charge in [0.15, 0.2) is 6.10 Å². The van der Waals surface area contributed by atoms with Crippen LogP contribution in [0.2, 0.25) is 0 Å². The van der Waals surface area contributed by atoms with Gasteiger partial charge in [-0.3, -0.25) is 23.4 Å². The van der Waals surface area contributed by atoms with E-state index in [1.54, 1.807) is 0 Å². The number of carboxylic acid groups (broad SMARTS) is 1. The van der Waals surface area contributed by atoms with Gasteiger partial charge in [0.25, 0.3) is 0 Å². The fourth-order valence-electron chi connectivity index (χ4n) is 5.24. The van der Waals surface area contributed by atoms with Crippen LogP contribution in [0, 0.1) is 0 Å². The van der Waals surface area contributed by atoms with Gasteiger partial charge in [0, 0.05) is 12.8 Å². The first-order valence-electron chi connectivity index (χ1n) is 21.6. The molecule has 0 amide bonds. The molecule has 0 radical (unpaired) electrons. The van der Waals surface area contributed by atoms with Crippen molar-refractivity contribution in [2.45, 2.75) is 167 Å². The first-order valence-corrected chi connectivity index (χ1v) is 23.1. The number of carbonyl (C=O) groups is 3. The van der Waals surface area contributed by atoms with Crippen LogP contribution in [0.4, 0.5) is 0 Å². The molecule has 3 atom stereocenters. The van der Waals surface area contributed by atoms with Gasteiger partial charge in [-0.05, 0) is 89.9 Å². The summed E-state index contributed by atoms with van der Waals surface area (Å²) in [5.74, 6) is -2.45. The maximum absolute atomic E-state index is 12.6. The molecule has 0 fully saturated rings. The quantitative estimate of drug-likeness (QED) is 0.0233. The molecule has 0 aliphatic carbocycles. The number of carbonyl (C=O) groups excluding carboxylic acids is 2. The molecule has 0 aromatic rings. The molecule has 4 N–H and O–H groups in total. The second-order valence-electron chi connectivity index (χ2n) is 14.1. The molecule has 0 rings (SSSR count). The minimum Gasteiger partial charge on any atom is -0.480 e. The molecule has 58 heavy (non-hydrogen) atoms. The maximum Gasteiger partial charge on any atom is 0.472 e. The third kappa shape index (κ3) is 39.5. The van der Waals surface area contributed by atoms with Crippen LogP contribution in [-0.2, 0) is 37.5 Å². The van der Waals surface area contributed by atoms with Crippen molar-refractivity contribution in [1.82, 2.24) is 0 Å². The molecule has 0 saturated carbocycles. The van der Waals surface area contributed by atoms with E-state index in [2.05, 4.69) is 103 Å². The Labute approximate surface area is 350 Å². The van der Waals surface area contributed by atoms with Gasteiger partial charge in [0.1, 0.15) is 12.6 Å². The lowest BCUT2D eigenvalue weighted by Crippen LogP contribution is -2.34. The average molecular weight is 834 g/mol. The van der Waals surface area contributed by atoms with Gasteiger partial charge < -0.3 is 25.2 Å². The Bertz CT molecular complexity index is 1300. The van der Waals surface area contributed by atoms with E-state index in [9.17, 15) is 23.8 Å². The van der Waals surface area contributed by atoms with Gasteiger partial charge >= 0.3 is 25.7 Å². The predicted molar refractivity (Wildman–Crippen MR) is 235 cm³/mol. The lowest BCUT2D eigenvalue weighted by Gasteiger charge is -2.20. The highest BCUT2D eigenvalue weighted by Gasteiger charge is 2.28. The Balaban J connectivity index is 4.48. The van der Waals surface area contributed by atoms with Crippen molar-refractivity contribution < 1.29 is 47.5 Å². The van der Waals surface area contributed by atoms with Gasteiger partial charge in [0.05, 0.1) is 13.2 Å². The van der Waals surface area contributed by atoms with E-state index in [4.69, 9.17) is 24.8 Å². The molecule has 0 aliphatic heterocycles. The van der Waals surface area contributed by atoms with Crippen LogP contribution in [0.3, 0.4) is 0 Å². The van der Waals surface area contributed by atoms with Crippen molar-refractivity contribution in [1.29, 1.82) is 0 Å². The number of ether oxygens (including phenoxy) is 2. The predicted octanol–water partition coefficient (Wildman–Crippen LogP) is 11.5. The lowest BCUT2D eigenvalue weighted by molar-refractivity contribution is -0.161. The Morgan fingerprint density at radius 2 is 0.966 bits per heavy atom. The standard InChI is InChI=1S/C46H76NO10P/c1-3-5-7-9-11-13-15-17-19-21-23-25-27-29-31-33-35-37-44(48)54-39-42(40-55-58(52,53)56-41-43(47)46(50)51)57-45(49)38-36-34-32-30-28-26-24-22-20-18-16-14-12-10-8-6-4-2/h6,8,11-14,17-20,23-26,42-43H,3-5,7,9-10,15-16,21-22,27-41,47H2,1-2H3,(H,50,51)(H,52,53)/b8-6-,13-11-,14-12-,19-17-,20-18-,25-23-,26-24-/t42-,43+/m1/s1. The topological polar surface area (TPSA) is 172 Å². The molecular weight excluding hydrogens is 757 g/mol. The fraction of sp³-hybridized carbons (Fsp3) is 0.630. The zero-order valence-corrected chi connectivity index (χ0v) is 36.5. The monoisotopic (exact) mass is 834 g/mol. The third-order valence-electron chi connectivity index (χ3n) is 8.63. The number of phosphoric ester groups is 1. The maximum atomic E-state index is 12.6. The normalized spacial score (nSPS) is 14.6. The molecule has 0 aromatic carbocycles. The summed E-state index contributed by atoms with van der Waals surface area (Å²) in [5, 5.41) is 8.89. The highest BCUT2D eigenvalue weighted by atomic mass is 31.2. The Kier molecular flexibility index (Phi) is 38.1. The molecule has 0 spiro atoms. The SMILES string of the molecule is CC/C=C\C/C=C\C/C=C\C/C=C\CCCCCCC(=O)O[C@H](COC(=O)CCCCCC/C=C\C/C=C\C/C=C\CCCCC)COP(=O)(O)OC[C@H](N)C(=O)O. The lowest BCUT2D eigenvalue weighted by atomic mass is 10.1. The van der Waals surface area contributed by atoms with Crippen molar-refractivity contribution in [3.8, 4) is 0 Å². The summed E-state index contributed by atoms with van der Waals surface area (Å²) in [6, 6.07) is -1.53. The number of esters is 2. The first kappa shape index (κ1) is 54.7. The summed E-state index contributed by atoms with van der Waals surface area (Å²) >= 11 is 0. The molecule has 0 aliphatic rings. The van der Waals surface area contributed by atoms with E-state index in [0.29, 0.717) is 12.8 Å². The van der Waals surface area contributed by atoms with Gasteiger partial charge in [-0.1, -0.05) is 137 Å². The summed E-state index contributed by atoms with van der Waals surface area (Å²) in [6.07, 6.45) is 49.3. The highest BCUT2D eigenvalue weighted by molar-refractivity contribution is 7.47. The number of hydrogen-bond donors (Lipinski definition) is 3. The van der Waals surface area contributed by atoms with E-state index < -0.39 is 51.1 Å². The summed E-state index contributed by atoms with van der Waals surface area (Å²) in [5.41, 5.74) is 5.33. The number of rotatable bonds is 39. The summed E-state index contributed by atoms with van der Waals surface area (Å²) in [6.45, 7) is 2.59. The fourth-order valence-corrected chi connectivity index (χ4v) is 6.02. The summed E-state index contributed by atoms with van der Waals surface area (Å²) in [7, 11) is -4.73. The van der Waals surface area contributed by atoms with Crippen molar-refractivity contribution in [3.05, 3.63) is 85.1 Å². The van der Waals surface area contributed by atoms with E-state index in [1.807, 2.05) is 0 Å². The van der Waals surface area contributed by atoms with Crippen LogP contribution < -0.4 is 5.73 Å². The first-order chi connectivity index (χ1) is 28.1. The van der Waals surface area contributed by atoms with Crippen molar-refractivity contribution >= 4 is 25.7 Å². The number of hydrogen-bond acceptors (Lipinski definition) is 9. The largest absolute Gasteiger partial charge is 0.480 e. The Morgan fingerprint density at radius 3 is 1.43 bits per heavy atom. The van der Waals surface area contributed by atoms with Crippen LogP contribution in [0.15, 0.2) is 85.1 Å². The van der Waals surface area contributed by atoms with Gasteiger partial charge in [0.2, 0.25) is 0 Å². The number of carboxylic acids is 1. The second kappa shape index (κ2) is 40.4. The third-order valence-corrected chi connectivity index (χ3v) is 9.58. The van der Waals surface area contributed by atoms with Gasteiger partial charge in [-0.15, -0.1) is 0 Å². The second-order valence-corrected chi connectivity index (χ2v) is 15.5. The van der Waals surface area contributed by atoms with Crippen LogP contribution in [0.1, 0.15) is 155 Å². The number of aliphatic carboxylic acids is 1. The van der Waals surface area contributed by atoms with Crippen molar-refractivity contribution in [2.75, 3.05) is 19.8 Å². The zero-order valence-electron chi connectivity index (χ0n) is 35.6. The molecule has 0 heterocycles. The minimum absolute atomic E-state index is 0.123. The summed E-state index contributed by atoms with van der Waals surface area (Å²) in [4.78, 5) is 46.0. The molecular formula is C46H76NO10P. The summed E-state index contributed by atoms with van der Waals surface area (Å²) < 4.78 is 32.6. The Morgan fingerprint density at radius 1 is 0.552 bits per heavy atom. The van der Waals surface area contributed by atoms with E-state index in [-0.39, 0.29) is 19.4 Å². The van der Waals surface area contributed by atoms with Crippen LogP contribution in [-0.4, -0.2) is 59.9 Å². The van der Waals surface area contributed by atoms with Crippen LogP contribution in [0.25, 0.3) is 0 Å². The number of unbranched alkanes of at least 4 members (excludes halogenated alkanes) is 11. The van der Waals surface area contributed by atoms with E-state index >= 15 is 0 Å². The van der Waals surface area contributed by atoms with Crippen LogP contribution in [0.5, 0.6) is 0 Å². The molecule has 0 aromatic heterocycles. The van der Waals surface area contributed by atoms with Crippen molar-refractivity contribution in [3.63, 3.8) is 0 Å². The molecule has 11 nitrogen and oxygen atoms in total. The molecule has 1 unspecified atom stereocenters. The van der Waals surface area contributed by atoms with E-state index in [0.717, 1.165) is 96.3 Å². The average Bonchev–Trinajstić information content (AvgIpc) is 3.20. The molecule has 330 valence electrons. The smallest absolute Gasteiger partial charge is 0.472 e. The molecule has 12 heteroatoms. The highest BCUT2D eigenvalue weighted by Crippen LogP contribution is 2.43. The molecule has 0 bridgehead atoms. The van der Waals surface area contributed by atoms with Crippen LogP contribution >= 0.6 is 7.82 Å². The minimum atomic E-state index is -4.73. The van der Waals surface area contributed by atoms with Crippen molar-refractivity contribution in [2.24, 2.45) is 5.73 Å². The number of phosphoric acid groups is 1. The Hall–Kier alpha value is -3.34.